The molecule has 6 nitrogen and oxygen atoms in total. The summed E-state index contributed by atoms with van der Waals surface area (Å²) in [5, 5.41) is 8.21. The summed E-state index contributed by atoms with van der Waals surface area (Å²) >= 11 is 0. The molecular weight excluding hydrogens is 318 g/mol. The Morgan fingerprint density at radius 2 is 1.88 bits per heavy atom. The van der Waals surface area contributed by atoms with E-state index in [2.05, 4.69) is 10.2 Å². The lowest BCUT2D eigenvalue weighted by molar-refractivity contribution is -0.131. The van der Waals surface area contributed by atoms with Crippen LogP contribution < -0.4 is 0 Å². The Labute approximate surface area is 145 Å². The van der Waals surface area contributed by atoms with Gasteiger partial charge in [-0.3, -0.25) is 4.79 Å². The third kappa shape index (κ3) is 3.47. The lowest BCUT2D eigenvalue weighted by Crippen LogP contribution is -2.38. The maximum atomic E-state index is 12.4. The normalized spacial score (nSPS) is 15.4. The molecule has 3 aromatic rings. The van der Waals surface area contributed by atoms with Crippen molar-refractivity contribution in [1.82, 2.24) is 15.1 Å². The fourth-order valence-electron chi connectivity index (χ4n) is 3.16. The molecule has 2 aromatic heterocycles. The van der Waals surface area contributed by atoms with Crippen molar-refractivity contribution in [3.8, 4) is 11.7 Å². The van der Waals surface area contributed by atoms with Crippen molar-refractivity contribution in [2.24, 2.45) is 0 Å². The van der Waals surface area contributed by atoms with Crippen LogP contribution in [0.25, 0.3) is 11.7 Å². The number of rotatable bonds is 4. The number of carbonyl (C=O) groups excluding carboxylic acids is 1. The molecule has 1 fully saturated rings. The molecule has 0 N–H and O–H groups in total. The van der Waals surface area contributed by atoms with Crippen molar-refractivity contribution in [1.29, 1.82) is 0 Å². The smallest absolute Gasteiger partial charge is 0.283 e. The quantitative estimate of drug-likeness (QED) is 0.730. The van der Waals surface area contributed by atoms with Gasteiger partial charge < -0.3 is 13.7 Å². The third-order valence-corrected chi connectivity index (χ3v) is 4.57. The maximum absolute atomic E-state index is 12.4. The van der Waals surface area contributed by atoms with Gasteiger partial charge in [0.1, 0.15) is 0 Å². The van der Waals surface area contributed by atoms with E-state index in [1.54, 1.807) is 18.4 Å². The maximum Gasteiger partial charge on any atom is 0.283 e. The molecule has 1 aliphatic heterocycles. The van der Waals surface area contributed by atoms with Crippen molar-refractivity contribution in [2.75, 3.05) is 13.1 Å². The molecule has 0 radical (unpaired) electrons. The second-order valence-corrected chi connectivity index (χ2v) is 6.24. The number of nitrogens with zero attached hydrogens (tertiary/aromatic N) is 3. The summed E-state index contributed by atoms with van der Waals surface area (Å²) < 4.78 is 11.0. The number of amides is 1. The summed E-state index contributed by atoms with van der Waals surface area (Å²) in [5.74, 6) is 1.97. The van der Waals surface area contributed by atoms with E-state index in [-0.39, 0.29) is 11.8 Å². The summed E-state index contributed by atoms with van der Waals surface area (Å²) in [6.45, 7) is 1.43. The lowest BCUT2D eigenvalue weighted by atomic mass is 9.96. The van der Waals surface area contributed by atoms with Gasteiger partial charge in [0.05, 0.1) is 12.7 Å². The predicted octanol–water partition coefficient (Wildman–Crippen LogP) is 3.28. The number of hydrogen-bond donors (Lipinski definition) is 0. The Bertz CT molecular complexity index is 819. The number of aromatic nitrogens is 2. The number of hydrogen-bond acceptors (Lipinski definition) is 5. The van der Waals surface area contributed by atoms with E-state index in [9.17, 15) is 4.79 Å². The van der Waals surface area contributed by atoms with Crippen LogP contribution in [-0.4, -0.2) is 34.1 Å². The zero-order chi connectivity index (χ0) is 17.1. The molecule has 1 saturated heterocycles. The highest BCUT2D eigenvalue weighted by Gasteiger charge is 2.27. The molecule has 4 rings (SSSR count). The van der Waals surface area contributed by atoms with Crippen molar-refractivity contribution in [3.63, 3.8) is 0 Å². The molecule has 1 aliphatic rings. The van der Waals surface area contributed by atoms with E-state index in [4.69, 9.17) is 8.83 Å². The van der Waals surface area contributed by atoms with E-state index in [0.29, 0.717) is 24.0 Å². The minimum atomic E-state index is 0.173. The van der Waals surface area contributed by atoms with Crippen molar-refractivity contribution in [2.45, 2.75) is 25.2 Å². The van der Waals surface area contributed by atoms with Gasteiger partial charge >= 0.3 is 0 Å². The summed E-state index contributed by atoms with van der Waals surface area (Å²) in [4.78, 5) is 14.4. The average molecular weight is 337 g/mol. The Kier molecular flexibility index (Phi) is 4.33. The molecule has 6 heteroatoms. The van der Waals surface area contributed by atoms with Crippen LogP contribution in [0.4, 0.5) is 0 Å². The van der Waals surface area contributed by atoms with Crippen LogP contribution >= 0.6 is 0 Å². The average Bonchev–Trinajstić information content (AvgIpc) is 3.34. The summed E-state index contributed by atoms with van der Waals surface area (Å²) in [6, 6.07) is 13.4. The fraction of sp³-hybridized carbons (Fsp3) is 0.316. The number of benzene rings is 1. The standard InChI is InChI=1S/C19H19N3O3/c23-17(13-14-5-2-1-3-6-14)22-10-8-15(9-11-22)18-20-21-19(25-18)16-7-4-12-24-16/h1-7,12,15H,8-11,13H2. The van der Waals surface area contributed by atoms with Gasteiger partial charge in [-0.05, 0) is 30.5 Å². The second-order valence-electron chi connectivity index (χ2n) is 6.24. The summed E-state index contributed by atoms with van der Waals surface area (Å²) in [7, 11) is 0. The van der Waals surface area contributed by atoms with Gasteiger partial charge in [0, 0.05) is 19.0 Å². The largest absolute Gasteiger partial charge is 0.459 e. The Hall–Kier alpha value is -2.89. The van der Waals surface area contributed by atoms with E-state index in [1.807, 2.05) is 35.2 Å². The molecule has 0 aliphatic carbocycles. The molecule has 0 saturated carbocycles. The van der Waals surface area contributed by atoms with Crippen LogP contribution in [0.5, 0.6) is 0 Å². The van der Waals surface area contributed by atoms with E-state index >= 15 is 0 Å². The van der Waals surface area contributed by atoms with Crippen molar-refractivity contribution in [3.05, 3.63) is 60.2 Å². The Morgan fingerprint density at radius 1 is 1.08 bits per heavy atom. The molecule has 25 heavy (non-hydrogen) atoms. The first-order chi connectivity index (χ1) is 12.3. The molecule has 0 spiro atoms. The van der Waals surface area contributed by atoms with E-state index < -0.39 is 0 Å². The zero-order valence-electron chi connectivity index (χ0n) is 13.8. The number of piperidine rings is 1. The van der Waals surface area contributed by atoms with Gasteiger partial charge in [-0.15, -0.1) is 10.2 Å². The molecular formula is C19H19N3O3. The monoisotopic (exact) mass is 337 g/mol. The number of likely N-dealkylation sites (tertiary alicyclic amines) is 1. The first kappa shape index (κ1) is 15.6. The SMILES string of the molecule is O=C(Cc1ccccc1)N1CCC(c2nnc(-c3ccco3)o2)CC1. The van der Waals surface area contributed by atoms with Crippen LogP contribution in [0.2, 0.25) is 0 Å². The van der Waals surface area contributed by atoms with E-state index in [0.717, 1.165) is 31.5 Å². The van der Waals surface area contributed by atoms with Crippen LogP contribution in [0, 0.1) is 0 Å². The van der Waals surface area contributed by atoms with Gasteiger partial charge in [0.2, 0.25) is 11.8 Å². The van der Waals surface area contributed by atoms with Crippen molar-refractivity contribution >= 4 is 5.91 Å². The number of furan rings is 1. The molecule has 0 unspecified atom stereocenters. The Morgan fingerprint density at radius 3 is 2.60 bits per heavy atom. The van der Waals surface area contributed by atoms with Gasteiger partial charge in [-0.2, -0.15) is 0 Å². The molecule has 128 valence electrons. The summed E-state index contributed by atoms with van der Waals surface area (Å²) in [5.41, 5.74) is 1.05. The topological polar surface area (TPSA) is 72.4 Å². The van der Waals surface area contributed by atoms with Gasteiger partial charge in [0.15, 0.2) is 5.76 Å². The second kappa shape index (κ2) is 6.93. The van der Waals surface area contributed by atoms with Crippen LogP contribution in [0.15, 0.2) is 57.6 Å². The fourth-order valence-corrected chi connectivity index (χ4v) is 3.16. The number of carbonyl (C=O) groups is 1. The minimum Gasteiger partial charge on any atom is -0.459 e. The third-order valence-electron chi connectivity index (χ3n) is 4.57. The van der Waals surface area contributed by atoms with Gasteiger partial charge in [-0.1, -0.05) is 30.3 Å². The molecule has 1 amide bonds. The highest BCUT2D eigenvalue weighted by molar-refractivity contribution is 5.78. The highest BCUT2D eigenvalue weighted by atomic mass is 16.4. The lowest BCUT2D eigenvalue weighted by Gasteiger charge is -2.30. The molecule has 0 bridgehead atoms. The van der Waals surface area contributed by atoms with Crippen LogP contribution in [0.3, 0.4) is 0 Å². The van der Waals surface area contributed by atoms with E-state index in [1.165, 1.54) is 0 Å². The van der Waals surface area contributed by atoms with Crippen LogP contribution in [0.1, 0.15) is 30.2 Å². The summed E-state index contributed by atoms with van der Waals surface area (Å²) in [6.07, 6.45) is 3.70. The predicted molar refractivity (Wildman–Crippen MR) is 90.7 cm³/mol. The first-order valence-corrected chi connectivity index (χ1v) is 8.48. The van der Waals surface area contributed by atoms with Gasteiger partial charge in [-0.25, -0.2) is 0 Å². The van der Waals surface area contributed by atoms with Crippen molar-refractivity contribution < 1.29 is 13.6 Å². The highest BCUT2D eigenvalue weighted by Crippen LogP contribution is 2.29. The minimum absolute atomic E-state index is 0.173. The zero-order valence-corrected chi connectivity index (χ0v) is 13.8. The van der Waals surface area contributed by atoms with Crippen LogP contribution in [-0.2, 0) is 11.2 Å². The first-order valence-electron chi connectivity index (χ1n) is 8.48. The molecule has 0 atom stereocenters. The van der Waals surface area contributed by atoms with Gasteiger partial charge in [0.25, 0.3) is 5.89 Å². The molecule has 3 heterocycles. The Balaban J connectivity index is 1.34. The molecule has 1 aromatic carbocycles.